The van der Waals surface area contributed by atoms with Crippen molar-refractivity contribution < 1.29 is 9.53 Å². The summed E-state index contributed by atoms with van der Waals surface area (Å²) in [5, 5.41) is 3.12. The molecule has 1 N–H and O–H groups in total. The monoisotopic (exact) mass is 240 g/mol. The van der Waals surface area contributed by atoms with Gasteiger partial charge in [-0.2, -0.15) is 0 Å². The molecule has 4 heteroatoms. The lowest BCUT2D eigenvalue weighted by Crippen LogP contribution is -2.57. The third-order valence-electron chi connectivity index (χ3n) is 3.64. The molecule has 0 radical (unpaired) electrons. The Morgan fingerprint density at radius 3 is 2.47 bits per heavy atom. The predicted octanol–water partition coefficient (Wildman–Crippen LogP) is 1.01. The number of carbonyl (C=O) groups excluding carboxylic acids is 1. The Kier molecular flexibility index (Phi) is 3.73. The van der Waals surface area contributed by atoms with Crippen LogP contribution in [0.5, 0.6) is 0 Å². The van der Waals surface area contributed by atoms with Gasteiger partial charge >= 0.3 is 0 Å². The van der Waals surface area contributed by atoms with E-state index in [0.29, 0.717) is 12.0 Å². The fourth-order valence-electron chi connectivity index (χ4n) is 2.66. The highest BCUT2D eigenvalue weighted by Gasteiger charge is 2.34. The van der Waals surface area contributed by atoms with Crippen LogP contribution in [0.15, 0.2) is 0 Å². The van der Waals surface area contributed by atoms with Crippen LogP contribution >= 0.6 is 0 Å². The highest BCUT2D eigenvalue weighted by Crippen LogP contribution is 2.27. The van der Waals surface area contributed by atoms with E-state index in [1.165, 1.54) is 25.9 Å². The van der Waals surface area contributed by atoms with Gasteiger partial charge in [0.25, 0.3) is 0 Å². The zero-order chi connectivity index (χ0) is 12.5. The van der Waals surface area contributed by atoms with Gasteiger partial charge in [-0.05, 0) is 52.6 Å². The van der Waals surface area contributed by atoms with E-state index in [4.69, 9.17) is 4.74 Å². The highest BCUT2D eigenvalue weighted by molar-refractivity contribution is 5.77. The molecule has 3 fully saturated rings. The summed E-state index contributed by atoms with van der Waals surface area (Å²) in [5.74, 6) is 0.706. The Hall–Kier alpha value is -0.610. The van der Waals surface area contributed by atoms with Gasteiger partial charge in [-0.3, -0.25) is 4.79 Å². The molecule has 4 nitrogen and oxygen atoms in total. The van der Waals surface area contributed by atoms with Gasteiger partial charge < -0.3 is 15.0 Å². The second-order valence-corrected chi connectivity index (χ2v) is 6.21. The maximum absolute atomic E-state index is 11.8. The zero-order valence-corrected chi connectivity index (χ0v) is 11.2. The Bertz CT molecular complexity index is 278. The molecule has 0 aromatic carbocycles. The Balaban J connectivity index is 1.75. The van der Waals surface area contributed by atoms with E-state index >= 15 is 0 Å². The largest absolute Gasteiger partial charge is 0.366 e. The van der Waals surface area contributed by atoms with Crippen LogP contribution in [0.25, 0.3) is 0 Å². The molecular formula is C13H24N2O2. The molecule has 1 unspecified atom stereocenters. The Morgan fingerprint density at radius 1 is 1.35 bits per heavy atom. The van der Waals surface area contributed by atoms with Crippen molar-refractivity contribution in [3.63, 3.8) is 0 Å². The molecule has 0 aromatic heterocycles. The van der Waals surface area contributed by atoms with Gasteiger partial charge in [-0.25, -0.2) is 0 Å². The fourth-order valence-corrected chi connectivity index (χ4v) is 2.66. The molecule has 98 valence electrons. The van der Waals surface area contributed by atoms with E-state index in [1.54, 1.807) is 0 Å². The number of amides is 1. The van der Waals surface area contributed by atoms with Crippen molar-refractivity contribution in [3.05, 3.63) is 0 Å². The van der Waals surface area contributed by atoms with Crippen molar-refractivity contribution in [2.24, 2.45) is 5.92 Å². The van der Waals surface area contributed by atoms with Crippen molar-refractivity contribution in [2.75, 3.05) is 26.2 Å². The average molecular weight is 240 g/mol. The van der Waals surface area contributed by atoms with Crippen LogP contribution in [0.4, 0.5) is 0 Å². The summed E-state index contributed by atoms with van der Waals surface area (Å²) in [6.07, 6.45) is 2.45. The molecule has 3 saturated heterocycles. The number of fused-ring (bicyclic) bond motifs is 3. The molecule has 0 aliphatic carbocycles. The first-order valence-corrected chi connectivity index (χ1v) is 6.60. The van der Waals surface area contributed by atoms with Gasteiger partial charge in [0, 0.05) is 12.6 Å². The molecule has 2 bridgehead atoms. The van der Waals surface area contributed by atoms with Crippen LogP contribution in [0.2, 0.25) is 0 Å². The summed E-state index contributed by atoms with van der Waals surface area (Å²) in [6.45, 7) is 9.50. The minimum atomic E-state index is -0.244. The number of carbonyl (C=O) groups is 1. The SMILES string of the molecule is CC(C)(C)OCC(=O)NC1CN2CCC1CC2. The van der Waals surface area contributed by atoms with Crippen LogP contribution in [0, 0.1) is 5.92 Å². The molecular weight excluding hydrogens is 216 g/mol. The number of nitrogens with one attached hydrogen (secondary N) is 1. The summed E-state index contributed by atoms with van der Waals surface area (Å²) in [7, 11) is 0. The Labute approximate surface area is 104 Å². The first kappa shape index (κ1) is 12.8. The number of rotatable bonds is 3. The molecule has 3 heterocycles. The summed E-state index contributed by atoms with van der Waals surface area (Å²) in [5.41, 5.74) is -0.244. The molecule has 0 spiro atoms. The third kappa shape index (κ3) is 3.68. The van der Waals surface area contributed by atoms with Gasteiger partial charge in [0.05, 0.1) is 5.60 Å². The molecule has 3 aliphatic rings. The lowest BCUT2D eigenvalue weighted by atomic mass is 9.84. The summed E-state index contributed by atoms with van der Waals surface area (Å²) >= 11 is 0. The molecule has 1 amide bonds. The van der Waals surface area contributed by atoms with Crippen LogP contribution in [-0.2, 0) is 9.53 Å². The number of nitrogens with zero attached hydrogens (tertiary/aromatic N) is 1. The summed E-state index contributed by atoms with van der Waals surface area (Å²) in [6, 6.07) is 0.341. The Morgan fingerprint density at radius 2 is 2.00 bits per heavy atom. The first-order valence-electron chi connectivity index (χ1n) is 6.60. The van der Waals surface area contributed by atoms with Crippen LogP contribution in [0.1, 0.15) is 33.6 Å². The predicted molar refractivity (Wildman–Crippen MR) is 66.8 cm³/mol. The van der Waals surface area contributed by atoms with Crippen LogP contribution in [0.3, 0.4) is 0 Å². The number of ether oxygens (including phenoxy) is 1. The smallest absolute Gasteiger partial charge is 0.246 e. The van der Waals surface area contributed by atoms with Crippen molar-refractivity contribution in [3.8, 4) is 0 Å². The van der Waals surface area contributed by atoms with E-state index < -0.39 is 0 Å². The molecule has 0 aromatic rings. The number of hydrogen-bond acceptors (Lipinski definition) is 3. The average Bonchev–Trinajstić information content (AvgIpc) is 2.27. The number of hydrogen-bond donors (Lipinski definition) is 1. The second kappa shape index (κ2) is 4.94. The maximum atomic E-state index is 11.8. The van der Waals surface area contributed by atoms with Gasteiger partial charge in [-0.1, -0.05) is 0 Å². The van der Waals surface area contributed by atoms with Crippen LogP contribution in [-0.4, -0.2) is 48.7 Å². The van der Waals surface area contributed by atoms with Crippen LogP contribution < -0.4 is 5.32 Å². The van der Waals surface area contributed by atoms with Crippen molar-refractivity contribution in [1.29, 1.82) is 0 Å². The topological polar surface area (TPSA) is 41.6 Å². The lowest BCUT2D eigenvalue weighted by Gasteiger charge is -2.45. The molecule has 17 heavy (non-hydrogen) atoms. The van der Waals surface area contributed by atoms with Gasteiger partial charge in [0.2, 0.25) is 5.91 Å². The third-order valence-corrected chi connectivity index (χ3v) is 3.64. The molecule has 1 atom stereocenters. The van der Waals surface area contributed by atoms with Gasteiger partial charge in [0.15, 0.2) is 0 Å². The molecule has 3 rings (SSSR count). The second-order valence-electron chi connectivity index (χ2n) is 6.21. The van der Waals surface area contributed by atoms with E-state index in [9.17, 15) is 4.79 Å². The molecule has 0 saturated carbocycles. The number of piperidine rings is 3. The highest BCUT2D eigenvalue weighted by atomic mass is 16.5. The van der Waals surface area contributed by atoms with Crippen molar-refractivity contribution in [2.45, 2.75) is 45.3 Å². The summed E-state index contributed by atoms with van der Waals surface area (Å²) in [4.78, 5) is 14.2. The van der Waals surface area contributed by atoms with E-state index in [2.05, 4.69) is 10.2 Å². The quantitative estimate of drug-likeness (QED) is 0.800. The standard InChI is InChI=1S/C13H24N2O2/c1-13(2,3)17-9-12(16)14-11-8-15-6-4-10(11)5-7-15/h10-11H,4-9H2,1-3H3,(H,14,16). The zero-order valence-electron chi connectivity index (χ0n) is 11.2. The fraction of sp³-hybridized carbons (Fsp3) is 0.923. The minimum absolute atomic E-state index is 0.0266. The maximum Gasteiger partial charge on any atom is 0.246 e. The van der Waals surface area contributed by atoms with Crippen molar-refractivity contribution in [1.82, 2.24) is 10.2 Å². The van der Waals surface area contributed by atoms with E-state index in [0.717, 1.165) is 6.54 Å². The first-order chi connectivity index (χ1) is 7.94. The molecule has 3 aliphatic heterocycles. The van der Waals surface area contributed by atoms with Gasteiger partial charge in [-0.15, -0.1) is 0 Å². The normalized spacial score (nSPS) is 32.5. The lowest BCUT2D eigenvalue weighted by molar-refractivity contribution is -0.132. The summed E-state index contributed by atoms with van der Waals surface area (Å²) < 4.78 is 5.49. The van der Waals surface area contributed by atoms with E-state index in [-0.39, 0.29) is 18.1 Å². The van der Waals surface area contributed by atoms with Crippen molar-refractivity contribution >= 4 is 5.91 Å². The van der Waals surface area contributed by atoms with Gasteiger partial charge in [0.1, 0.15) is 6.61 Å². The van der Waals surface area contributed by atoms with E-state index in [1.807, 2.05) is 20.8 Å². The minimum Gasteiger partial charge on any atom is -0.366 e.